The van der Waals surface area contributed by atoms with E-state index in [4.69, 9.17) is 0 Å². The molecule has 1 aromatic heterocycles. The molecule has 1 saturated heterocycles. The van der Waals surface area contributed by atoms with E-state index in [9.17, 15) is 17.6 Å². The summed E-state index contributed by atoms with van der Waals surface area (Å²) in [6.45, 7) is 0.486. The van der Waals surface area contributed by atoms with Crippen molar-refractivity contribution < 1.29 is 17.6 Å². The zero-order chi connectivity index (χ0) is 16.4. The van der Waals surface area contributed by atoms with Gasteiger partial charge in [-0.25, -0.2) is 12.8 Å². The van der Waals surface area contributed by atoms with Gasteiger partial charge in [0.1, 0.15) is 5.82 Å². The number of carbonyl (C=O) groups is 1. The van der Waals surface area contributed by atoms with Gasteiger partial charge in [-0.1, -0.05) is 6.07 Å². The molecule has 1 aromatic carbocycles. The van der Waals surface area contributed by atoms with Crippen LogP contribution in [0.1, 0.15) is 0 Å². The number of pyridine rings is 1. The third kappa shape index (κ3) is 3.58. The molecule has 0 saturated carbocycles. The summed E-state index contributed by atoms with van der Waals surface area (Å²) in [7, 11) is -3.01. The summed E-state index contributed by atoms with van der Waals surface area (Å²) in [5.74, 6) is -0.575. The van der Waals surface area contributed by atoms with E-state index in [0.29, 0.717) is 16.5 Å². The third-order valence-electron chi connectivity index (χ3n) is 3.85. The largest absolute Gasteiger partial charge is 0.376 e. The van der Waals surface area contributed by atoms with Crippen molar-refractivity contribution in [2.75, 3.05) is 36.5 Å². The van der Waals surface area contributed by atoms with E-state index in [1.54, 1.807) is 24.4 Å². The first-order valence-corrected chi connectivity index (χ1v) is 9.02. The highest BCUT2D eigenvalue weighted by atomic mass is 32.2. The summed E-state index contributed by atoms with van der Waals surface area (Å²) in [6, 6.07) is 5.10. The van der Waals surface area contributed by atoms with E-state index in [2.05, 4.69) is 10.3 Å². The normalized spacial score (nSPS) is 17.2. The molecular weight excluding hydrogens is 321 g/mol. The highest BCUT2D eigenvalue weighted by molar-refractivity contribution is 7.91. The molecule has 0 aliphatic carbocycles. The first-order chi connectivity index (χ1) is 10.9. The fourth-order valence-corrected chi connectivity index (χ4v) is 3.69. The predicted octanol–water partition coefficient (Wildman–Crippen LogP) is 1.04. The first-order valence-electron chi connectivity index (χ1n) is 7.20. The van der Waals surface area contributed by atoms with Gasteiger partial charge in [0.25, 0.3) is 0 Å². The molecule has 1 aliphatic rings. The monoisotopic (exact) mass is 337 g/mol. The maximum atomic E-state index is 13.7. The Hall–Kier alpha value is -2.22. The lowest BCUT2D eigenvalue weighted by Crippen LogP contribution is -2.45. The van der Waals surface area contributed by atoms with Gasteiger partial charge in [-0.05, 0) is 12.1 Å². The number of aromatic nitrogens is 1. The van der Waals surface area contributed by atoms with Crippen LogP contribution in [0.25, 0.3) is 10.8 Å². The number of hydrogen-bond donors (Lipinski definition) is 1. The zero-order valence-corrected chi connectivity index (χ0v) is 13.1. The second-order valence-electron chi connectivity index (χ2n) is 5.44. The number of anilines is 1. The molecule has 122 valence electrons. The van der Waals surface area contributed by atoms with Crippen molar-refractivity contribution in [1.29, 1.82) is 0 Å². The molecule has 0 unspecified atom stereocenters. The van der Waals surface area contributed by atoms with E-state index in [1.807, 2.05) is 0 Å². The second-order valence-corrected chi connectivity index (χ2v) is 7.75. The van der Waals surface area contributed by atoms with Crippen LogP contribution in [0.3, 0.4) is 0 Å². The molecule has 2 heterocycles. The standard InChI is InChI=1S/C15H16FN3O3S/c16-14-9-17-8-11-1-2-12(7-13(11)14)18-10-15(20)19-3-5-23(21,22)6-4-19/h1-2,7-9,18H,3-6,10H2. The van der Waals surface area contributed by atoms with Gasteiger partial charge in [0.05, 0.1) is 24.2 Å². The zero-order valence-electron chi connectivity index (χ0n) is 12.3. The molecule has 1 N–H and O–H groups in total. The maximum Gasteiger partial charge on any atom is 0.241 e. The number of carbonyl (C=O) groups excluding carboxylic acids is 1. The molecule has 0 atom stereocenters. The molecule has 1 amide bonds. The molecule has 1 fully saturated rings. The lowest BCUT2D eigenvalue weighted by atomic mass is 10.1. The quantitative estimate of drug-likeness (QED) is 0.905. The van der Waals surface area contributed by atoms with Crippen molar-refractivity contribution in [2.24, 2.45) is 0 Å². The van der Waals surface area contributed by atoms with Crippen molar-refractivity contribution in [3.8, 4) is 0 Å². The van der Waals surface area contributed by atoms with Gasteiger partial charge in [0.2, 0.25) is 5.91 Å². The minimum absolute atomic E-state index is 0.00687. The lowest BCUT2D eigenvalue weighted by molar-refractivity contribution is -0.128. The minimum Gasteiger partial charge on any atom is -0.376 e. The predicted molar refractivity (Wildman–Crippen MR) is 85.4 cm³/mol. The molecule has 2 aromatic rings. The van der Waals surface area contributed by atoms with Crippen LogP contribution in [0.5, 0.6) is 0 Å². The van der Waals surface area contributed by atoms with E-state index < -0.39 is 15.7 Å². The highest BCUT2D eigenvalue weighted by Crippen LogP contribution is 2.20. The molecule has 6 nitrogen and oxygen atoms in total. The van der Waals surface area contributed by atoms with Gasteiger partial charge in [-0.2, -0.15) is 0 Å². The Morgan fingerprint density at radius 1 is 1.26 bits per heavy atom. The summed E-state index contributed by atoms with van der Waals surface area (Å²) < 4.78 is 36.4. The van der Waals surface area contributed by atoms with E-state index in [1.165, 1.54) is 4.90 Å². The van der Waals surface area contributed by atoms with Gasteiger partial charge in [-0.15, -0.1) is 0 Å². The van der Waals surface area contributed by atoms with Gasteiger partial charge in [-0.3, -0.25) is 9.78 Å². The van der Waals surface area contributed by atoms with Gasteiger partial charge in [0.15, 0.2) is 9.84 Å². The molecule has 0 radical (unpaired) electrons. The van der Waals surface area contributed by atoms with Crippen LogP contribution >= 0.6 is 0 Å². The van der Waals surface area contributed by atoms with Crippen molar-refractivity contribution in [2.45, 2.75) is 0 Å². The lowest BCUT2D eigenvalue weighted by Gasteiger charge is -2.27. The molecule has 3 rings (SSSR count). The summed E-state index contributed by atoms with van der Waals surface area (Å²) >= 11 is 0. The van der Waals surface area contributed by atoms with Gasteiger partial charge >= 0.3 is 0 Å². The van der Waals surface area contributed by atoms with Crippen LogP contribution in [-0.2, 0) is 14.6 Å². The van der Waals surface area contributed by atoms with Crippen molar-refractivity contribution in [3.05, 3.63) is 36.4 Å². The molecule has 0 bridgehead atoms. The molecule has 1 aliphatic heterocycles. The van der Waals surface area contributed by atoms with E-state index in [0.717, 1.165) is 6.20 Å². The Morgan fingerprint density at radius 2 is 2.00 bits per heavy atom. The van der Waals surface area contributed by atoms with Crippen molar-refractivity contribution >= 4 is 32.2 Å². The van der Waals surface area contributed by atoms with Crippen LogP contribution < -0.4 is 5.32 Å². The fourth-order valence-electron chi connectivity index (χ4n) is 2.49. The summed E-state index contributed by atoms with van der Waals surface area (Å²) in [5.41, 5.74) is 0.626. The van der Waals surface area contributed by atoms with Crippen LogP contribution in [0.4, 0.5) is 10.1 Å². The maximum absolute atomic E-state index is 13.7. The Kier molecular flexibility index (Phi) is 4.16. The SMILES string of the molecule is O=C(CNc1ccc2cncc(F)c2c1)N1CCS(=O)(=O)CC1. The number of halogens is 1. The van der Waals surface area contributed by atoms with Crippen molar-refractivity contribution in [1.82, 2.24) is 9.88 Å². The first kappa shape index (κ1) is 15.7. The van der Waals surface area contributed by atoms with Crippen LogP contribution in [0.2, 0.25) is 0 Å². The smallest absolute Gasteiger partial charge is 0.241 e. The number of fused-ring (bicyclic) bond motifs is 1. The Balaban J connectivity index is 1.64. The van der Waals surface area contributed by atoms with Gasteiger partial charge < -0.3 is 10.2 Å². The Bertz CT molecular complexity index is 840. The van der Waals surface area contributed by atoms with E-state index >= 15 is 0 Å². The number of hydrogen-bond acceptors (Lipinski definition) is 5. The topological polar surface area (TPSA) is 79.4 Å². The number of amides is 1. The van der Waals surface area contributed by atoms with Crippen LogP contribution in [0, 0.1) is 5.82 Å². The van der Waals surface area contributed by atoms with Crippen LogP contribution in [0.15, 0.2) is 30.6 Å². The number of rotatable bonds is 3. The average molecular weight is 337 g/mol. The Labute approximate surface area is 133 Å². The van der Waals surface area contributed by atoms with Crippen LogP contribution in [-0.4, -0.2) is 55.3 Å². The van der Waals surface area contributed by atoms with Gasteiger partial charge in [0, 0.05) is 35.7 Å². The minimum atomic E-state index is -3.01. The number of nitrogens with zero attached hydrogens (tertiary/aromatic N) is 2. The summed E-state index contributed by atoms with van der Waals surface area (Å²) in [5, 5.41) is 4.07. The number of benzene rings is 1. The summed E-state index contributed by atoms with van der Waals surface area (Å²) in [6.07, 6.45) is 2.72. The average Bonchev–Trinajstić information content (AvgIpc) is 2.53. The number of nitrogens with one attached hydrogen (secondary N) is 1. The fraction of sp³-hybridized carbons (Fsp3) is 0.333. The molecule has 23 heavy (non-hydrogen) atoms. The second kappa shape index (κ2) is 6.11. The third-order valence-corrected chi connectivity index (χ3v) is 5.46. The molecular formula is C15H16FN3O3S. The highest BCUT2D eigenvalue weighted by Gasteiger charge is 2.24. The van der Waals surface area contributed by atoms with Crippen molar-refractivity contribution in [3.63, 3.8) is 0 Å². The summed E-state index contributed by atoms with van der Waals surface area (Å²) in [4.78, 5) is 17.4. The Morgan fingerprint density at radius 3 is 2.74 bits per heavy atom. The van der Waals surface area contributed by atoms with E-state index in [-0.39, 0.29) is 37.0 Å². The molecule has 0 spiro atoms. The molecule has 8 heteroatoms. The number of sulfone groups is 1.